The molecule has 1 aliphatic heterocycles. The van der Waals surface area contributed by atoms with Gasteiger partial charge in [0.2, 0.25) is 0 Å². The molecule has 2 heterocycles. The molecule has 5 nitrogen and oxygen atoms in total. The average molecular weight is 379 g/mol. The number of ether oxygens (including phenoxy) is 2. The van der Waals surface area contributed by atoms with Crippen molar-refractivity contribution in [1.82, 2.24) is 4.90 Å². The Kier molecular flexibility index (Phi) is 5.74. The van der Waals surface area contributed by atoms with E-state index in [4.69, 9.17) is 13.9 Å². The van der Waals surface area contributed by atoms with Crippen molar-refractivity contribution in [3.63, 3.8) is 0 Å². The first kappa shape index (κ1) is 18.7. The van der Waals surface area contributed by atoms with Crippen LogP contribution in [-0.2, 0) is 17.8 Å². The second kappa shape index (κ2) is 8.59. The summed E-state index contributed by atoms with van der Waals surface area (Å²) in [5.41, 5.74) is 2.39. The molecule has 2 aromatic carbocycles. The van der Waals surface area contributed by atoms with Crippen LogP contribution in [0.2, 0.25) is 0 Å². The lowest BCUT2D eigenvalue weighted by Gasteiger charge is -2.25. The zero-order chi connectivity index (χ0) is 19.3. The Hall–Kier alpha value is -2.63. The number of hydrogen-bond donors (Lipinski definition) is 0. The summed E-state index contributed by atoms with van der Waals surface area (Å²) in [6, 6.07) is 15.4. The van der Waals surface area contributed by atoms with Crippen LogP contribution in [0.5, 0.6) is 5.75 Å². The molecule has 0 aliphatic carbocycles. The van der Waals surface area contributed by atoms with Crippen molar-refractivity contribution in [2.45, 2.75) is 32.0 Å². The van der Waals surface area contributed by atoms with Gasteiger partial charge in [0.25, 0.3) is 0 Å². The third-order valence-corrected chi connectivity index (χ3v) is 5.22. The third-order valence-electron chi connectivity index (χ3n) is 5.22. The van der Waals surface area contributed by atoms with Gasteiger partial charge in [-0.1, -0.05) is 30.3 Å². The van der Waals surface area contributed by atoms with E-state index in [1.807, 2.05) is 42.5 Å². The number of para-hydroxylation sites is 2. The van der Waals surface area contributed by atoms with Crippen LogP contribution in [0.1, 0.15) is 24.0 Å². The van der Waals surface area contributed by atoms with Crippen molar-refractivity contribution >= 4 is 11.0 Å². The standard InChI is InChI=1S/C23H25NO4/c1-26-21-10-4-2-7-17(21)13-24(15-19-8-6-12-27-19)14-18-16-28-22-11-5-3-9-20(22)23(18)25/h2-5,7,9-11,16,19H,6,8,12-15H2,1H3/t19-/m1/s1. The molecule has 0 bridgehead atoms. The Bertz CT molecular complexity index is 991. The van der Waals surface area contributed by atoms with E-state index in [-0.39, 0.29) is 11.5 Å². The van der Waals surface area contributed by atoms with Crippen molar-refractivity contribution in [2.75, 3.05) is 20.3 Å². The highest BCUT2D eigenvalue weighted by atomic mass is 16.5. The van der Waals surface area contributed by atoms with Crippen LogP contribution in [0.15, 0.2) is 64.0 Å². The fourth-order valence-electron chi connectivity index (χ4n) is 3.80. The van der Waals surface area contributed by atoms with E-state index in [9.17, 15) is 4.79 Å². The van der Waals surface area contributed by atoms with E-state index in [0.717, 1.165) is 37.3 Å². The molecule has 0 unspecified atom stereocenters. The number of hydrogen-bond acceptors (Lipinski definition) is 5. The van der Waals surface area contributed by atoms with E-state index in [1.165, 1.54) is 0 Å². The highest BCUT2D eigenvalue weighted by molar-refractivity contribution is 5.76. The van der Waals surface area contributed by atoms with Crippen LogP contribution in [0.4, 0.5) is 0 Å². The van der Waals surface area contributed by atoms with Crippen LogP contribution < -0.4 is 10.2 Å². The second-order valence-corrected chi connectivity index (χ2v) is 7.20. The molecule has 0 amide bonds. The first-order valence-corrected chi connectivity index (χ1v) is 9.70. The summed E-state index contributed by atoms with van der Waals surface area (Å²) in [6.45, 7) is 2.76. The van der Waals surface area contributed by atoms with Crippen LogP contribution >= 0.6 is 0 Å². The van der Waals surface area contributed by atoms with E-state index >= 15 is 0 Å². The SMILES string of the molecule is COc1ccccc1CN(Cc1coc2ccccc2c1=O)C[C@H]1CCCO1. The highest BCUT2D eigenvalue weighted by Crippen LogP contribution is 2.22. The van der Waals surface area contributed by atoms with Gasteiger partial charge in [0, 0.05) is 37.4 Å². The fraction of sp³-hybridized carbons (Fsp3) is 0.348. The number of methoxy groups -OCH3 is 1. The van der Waals surface area contributed by atoms with Gasteiger partial charge in [-0.3, -0.25) is 9.69 Å². The van der Waals surface area contributed by atoms with Crippen molar-refractivity contribution < 1.29 is 13.9 Å². The van der Waals surface area contributed by atoms with Gasteiger partial charge < -0.3 is 13.9 Å². The predicted molar refractivity (Wildman–Crippen MR) is 109 cm³/mol. The van der Waals surface area contributed by atoms with Crippen molar-refractivity contribution in [2.24, 2.45) is 0 Å². The maximum absolute atomic E-state index is 12.9. The average Bonchev–Trinajstić information content (AvgIpc) is 3.24. The molecule has 4 rings (SSSR count). The van der Waals surface area contributed by atoms with Gasteiger partial charge in [-0.25, -0.2) is 0 Å². The minimum absolute atomic E-state index is 0.0271. The molecule has 0 spiro atoms. The Morgan fingerprint density at radius 3 is 2.68 bits per heavy atom. The Morgan fingerprint density at radius 2 is 1.86 bits per heavy atom. The smallest absolute Gasteiger partial charge is 0.197 e. The van der Waals surface area contributed by atoms with Crippen LogP contribution in [0, 0.1) is 0 Å². The van der Waals surface area contributed by atoms with Crippen molar-refractivity contribution in [3.05, 3.63) is 76.1 Å². The normalized spacial score (nSPS) is 16.7. The molecule has 3 aromatic rings. The van der Waals surface area contributed by atoms with Gasteiger partial charge >= 0.3 is 0 Å². The molecule has 0 N–H and O–H groups in total. The summed E-state index contributed by atoms with van der Waals surface area (Å²) in [4.78, 5) is 15.2. The van der Waals surface area contributed by atoms with Gasteiger partial charge in [-0.2, -0.15) is 0 Å². The summed E-state index contributed by atoms with van der Waals surface area (Å²) in [5, 5.41) is 0.620. The number of rotatable bonds is 7. The minimum atomic E-state index is 0.0271. The van der Waals surface area contributed by atoms with E-state index in [1.54, 1.807) is 13.4 Å². The quantitative estimate of drug-likeness (QED) is 0.621. The molecule has 1 aliphatic rings. The maximum atomic E-state index is 12.9. The Balaban J connectivity index is 1.61. The molecule has 1 atom stereocenters. The van der Waals surface area contributed by atoms with Crippen LogP contribution in [-0.4, -0.2) is 31.3 Å². The molecular formula is C23H25NO4. The largest absolute Gasteiger partial charge is 0.496 e. The minimum Gasteiger partial charge on any atom is -0.496 e. The van der Waals surface area contributed by atoms with Crippen LogP contribution in [0.25, 0.3) is 11.0 Å². The highest BCUT2D eigenvalue weighted by Gasteiger charge is 2.21. The molecule has 0 radical (unpaired) electrons. The van der Waals surface area contributed by atoms with Gasteiger partial charge in [-0.05, 0) is 31.0 Å². The third kappa shape index (κ3) is 4.11. The lowest BCUT2D eigenvalue weighted by atomic mass is 10.1. The topological polar surface area (TPSA) is 51.9 Å². The van der Waals surface area contributed by atoms with Crippen LogP contribution in [0.3, 0.4) is 0 Å². The summed E-state index contributed by atoms with van der Waals surface area (Å²) in [6.07, 6.45) is 3.93. The summed E-state index contributed by atoms with van der Waals surface area (Å²) in [5.74, 6) is 0.852. The molecular weight excluding hydrogens is 354 g/mol. The summed E-state index contributed by atoms with van der Waals surface area (Å²) in [7, 11) is 1.68. The number of fused-ring (bicyclic) bond motifs is 1. The van der Waals surface area contributed by atoms with E-state index < -0.39 is 0 Å². The van der Waals surface area contributed by atoms with Gasteiger partial charge in [0.15, 0.2) is 5.43 Å². The molecule has 1 fully saturated rings. The maximum Gasteiger partial charge on any atom is 0.197 e. The Labute approximate surface area is 164 Å². The molecule has 28 heavy (non-hydrogen) atoms. The first-order valence-electron chi connectivity index (χ1n) is 9.70. The molecule has 146 valence electrons. The number of benzene rings is 2. The Morgan fingerprint density at radius 1 is 1.07 bits per heavy atom. The zero-order valence-electron chi connectivity index (χ0n) is 16.1. The van der Waals surface area contributed by atoms with Crippen molar-refractivity contribution in [1.29, 1.82) is 0 Å². The molecule has 5 heteroatoms. The summed E-state index contributed by atoms with van der Waals surface area (Å²) >= 11 is 0. The second-order valence-electron chi connectivity index (χ2n) is 7.20. The molecule has 1 saturated heterocycles. The van der Waals surface area contributed by atoms with E-state index in [0.29, 0.717) is 29.6 Å². The van der Waals surface area contributed by atoms with Crippen molar-refractivity contribution in [3.8, 4) is 5.75 Å². The molecule has 1 aromatic heterocycles. The lowest BCUT2D eigenvalue weighted by Crippen LogP contribution is -2.33. The first-order chi connectivity index (χ1) is 13.7. The predicted octanol–water partition coefficient (Wildman–Crippen LogP) is 3.98. The van der Waals surface area contributed by atoms with Gasteiger partial charge in [-0.15, -0.1) is 0 Å². The van der Waals surface area contributed by atoms with Gasteiger partial charge in [0.05, 0.1) is 24.9 Å². The van der Waals surface area contributed by atoms with E-state index in [2.05, 4.69) is 11.0 Å². The summed E-state index contributed by atoms with van der Waals surface area (Å²) < 4.78 is 17.1. The van der Waals surface area contributed by atoms with Gasteiger partial charge in [0.1, 0.15) is 11.3 Å². The molecule has 0 saturated carbocycles. The number of nitrogens with zero attached hydrogens (tertiary/aromatic N) is 1. The zero-order valence-corrected chi connectivity index (χ0v) is 16.1. The monoisotopic (exact) mass is 379 g/mol. The lowest BCUT2D eigenvalue weighted by molar-refractivity contribution is 0.0673. The fourth-order valence-corrected chi connectivity index (χ4v) is 3.80.